The van der Waals surface area contributed by atoms with Crippen LogP contribution in [-0.2, 0) is 22.6 Å². The minimum absolute atomic E-state index is 0.0339. The number of nitrogens with zero attached hydrogens (tertiary/aromatic N) is 1. The average Bonchev–Trinajstić information content (AvgIpc) is 2.83. The van der Waals surface area contributed by atoms with E-state index in [2.05, 4.69) is 35.1 Å². The summed E-state index contributed by atoms with van der Waals surface area (Å²) in [6.07, 6.45) is 6.13. The van der Waals surface area contributed by atoms with Crippen molar-refractivity contribution >= 4 is 17.9 Å². The standard InChI is InChI=1S/C26H33N3O3/c1-4-21-16-19(8-10-24(21)26(31)28-32-3)9-11-25(30)29-14-12-22(13-15-29)23-7-5-6-20(17-23)18-27-2/h5-11,16-17,22,27H,4,12-15,18H2,1-3H3,(H,28,31)/b11-9+. The molecule has 1 saturated heterocycles. The normalized spacial score (nSPS) is 14.7. The molecule has 0 aliphatic carbocycles. The first-order chi connectivity index (χ1) is 15.5. The summed E-state index contributed by atoms with van der Waals surface area (Å²) >= 11 is 0. The molecule has 1 heterocycles. The van der Waals surface area contributed by atoms with E-state index in [1.165, 1.54) is 18.2 Å². The second-order valence-electron chi connectivity index (χ2n) is 8.11. The number of benzene rings is 2. The van der Waals surface area contributed by atoms with Crippen molar-refractivity contribution in [2.24, 2.45) is 0 Å². The predicted molar refractivity (Wildman–Crippen MR) is 127 cm³/mol. The van der Waals surface area contributed by atoms with E-state index in [9.17, 15) is 9.59 Å². The summed E-state index contributed by atoms with van der Waals surface area (Å²) in [7, 11) is 3.37. The Bertz CT molecular complexity index is 963. The maximum absolute atomic E-state index is 12.7. The number of rotatable bonds is 8. The third-order valence-corrected chi connectivity index (χ3v) is 5.98. The molecule has 2 N–H and O–H groups in total. The molecule has 1 fully saturated rings. The van der Waals surface area contributed by atoms with Crippen molar-refractivity contribution in [2.75, 3.05) is 27.2 Å². The average molecular weight is 436 g/mol. The fourth-order valence-electron chi connectivity index (χ4n) is 4.25. The topological polar surface area (TPSA) is 70.7 Å². The number of hydroxylamine groups is 1. The number of amides is 2. The molecule has 0 bridgehead atoms. The molecule has 2 amide bonds. The Hall–Kier alpha value is -2.96. The van der Waals surface area contributed by atoms with Gasteiger partial charge in [-0.2, -0.15) is 0 Å². The third kappa shape index (κ3) is 6.05. The first-order valence-corrected chi connectivity index (χ1v) is 11.2. The van der Waals surface area contributed by atoms with Crippen LogP contribution in [0, 0.1) is 0 Å². The van der Waals surface area contributed by atoms with Gasteiger partial charge in [0.15, 0.2) is 0 Å². The van der Waals surface area contributed by atoms with Gasteiger partial charge in [-0.05, 0) is 66.6 Å². The first-order valence-electron chi connectivity index (χ1n) is 11.2. The molecule has 2 aromatic rings. The molecule has 2 aromatic carbocycles. The van der Waals surface area contributed by atoms with Crippen LogP contribution >= 0.6 is 0 Å². The van der Waals surface area contributed by atoms with Crippen molar-refractivity contribution in [2.45, 2.75) is 38.6 Å². The molecule has 170 valence electrons. The SMILES string of the molecule is CCc1cc(/C=C/C(=O)N2CCC(c3cccc(CNC)c3)CC2)ccc1C(=O)NOC. The molecule has 0 saturated carbocycles. The van der Waals surface area contributed by atoms with E-state index in [1.54, 1.807) is 12.1 Å². The molecular weight excluding hydrogens is 402 g/mol. The molecule has 1 aliphatic heterocycles. The summed E-state index contributed by atoms with van der Waals surface area (Å²) in [5, 5.41) is 3.20. The molecule has 0 spiro atoms. The molecule has 0 atom stereocenters. The Morgan fingerprint density at radius 3 is 2.62 bits per heavy atom. The summed E-state index contributed by atoms with van der Waals surface area (Å²) in [6, 6.07) is 14.3. The van der Waals surface area contributed by atoms with E-state index in [1.807, 2.05) is 37.1 Å². The van der Waals surface area contributed by atoms with Gasteiger partial charge in [-0.25, -0.2) is 5.48 Å². The van der Waals surface area contributed by atoms with Gasteiger partial charge < -0.3 is 10.2 Å². The Kier molecular flexibility index (Phi) is 8.59. The summed E-state index contributed by atoms with van der Waals surface area (Å²) in [6.45, 7) is 4.39. The summed E-state index contributed by atoms with van der Waals surface area (Å²) in [4.78, 5) is 31.4. The number of hydrogen-bond acceptors (Lipinski definition) is 4. The Morgan fingerprint density at radius 1 is 1.16 bits per heavy atom. The van der Waals surface area contributed by atoms with E-state index in [-0.39, 0.29) is 11.8 Å². The van der Waals surface area contributed by atoms with Crippen molar-refractivity contribution in [3.63, 3.8) is 0 Å². The molecule has 1 aliphatic rings. The zero-order valence-corrected chi connectivity index (χ0v) is 19.2. The lowest BCUT2D eigenvalue weighted by Crippen LogP contribution is -2.36. The molecule has 0 unspecified atom stereocenters. The first kappa shape index (κ1) is 23.7. The largest absolute Gasteiger partial charge is 0.339 e. The molecule has 6 nitrogen and oxygen atoms in total. The van der Waals surface area contributed by atoms with Crippen LogP contribution < -0.4 is 10.8 Å². The van der Waals surface area contributed by atoms with E-state index in [0.29, 0.717) is 17.9 Å². The van der Waals surface area contributed by atoms with Crippen molar-refractivity contribution in [1.82, 2.24) is 15.7 Å². The van der Waals surface area contributed by atoms with Gasteiger partial charge in [-0.1, -0.05) is 43.3 Å². The maximum Gasteiger partial charge on any atom is 0.275 e. The number of aryl methyl sites for hydroxylation is 1. The van der Waals surface area contributed by atoms with Gasteiger partial charge in [0.25, 0.3) is 5.91 Å². The highest BCUT2D eigenvalue weighted by Gasteiger charge is 2.23. The molecule has 0 aromatic heterocycles. The molecule has 3 rings (SSSR count). The van der Waals surface area contributed by atoms with Crippen LogP contribution in [0.1, 0.15) is 58.3 Å². The lowest BCUT2D eigenvalue weighted by molar-refractivity contribution is -0.126. The fourth-order valence-corrected chi connectivity index (χ4v) is 4.25. The minimum Gasteiger partial charge on any atom is -0.339 e. The highest BCUT2D eigenvalue weighted by molar-refractivity contribution is 5.96. The Morgan fingerprint density at radius 2 is 1.94 bits per heavy atom. The second-order valence-corrected chi connectivity index (χ2v) is 8.11. The number of likely N-dealkylation sites (tertiary alicyclic amines) is 1. The van der Waals surface area contributed by atoms with Crippen LogP contribution in [0.5, 0.6) is 0 Å². The third-order valence-electron chi connectivity index (χ3n) is 5.98. The highest BCUT2D eigenvalue weighted by Crippen LogP contribution is 2.28. The highest BCUT2D eigenvalue weighted by atomic mass is 16.6. The summed E-state index contributed by atoms with van der Waals surface area (Å²) < 4.78 is 0. The minimum atomic E-state index is -0.268. The van der Waals surface area contributed by atoms with Crippen molar-refractivity contribution in [3.8, 4) is 0 Å². The van der Waals surface area contributed by atoms with Crippen LogP contribution in [0.2, 0.25) is 0 Å². The van der Waals surface area contributed by atoms with E-state index < -0.39 is 0 Å². The van der Waals surface area contributed by atoms with Crippen molar-refractivity contribution < 1.29 is 14.4 Å². The number of nitrogens with one attached hydrogen (secondary N) is 2. The molecule has 32 heavy (non-hydrogen) atoms. The van der Waals surface area contributed by atoms with Gasteiger partial charge in [0.05, 0.1) is 7.11 Å². The van der Waals surface area contributed by atoms with Crippen LogP contribution in [0.3, 0.4) is 0 Å². The van der Waals surface area contributed by atoms with Gasteiger partial charge in [-0.15, -0.1) is 0 Å². The molecule has 0 radical (unpaired) electrons. The Labute approximate surface area is 190 Å². The van der Waals surface area contributed by atoms with Gasteiger partial charge in [-0.3, -0.25) is 14.4 Å². The van der Waals surface area contributed by atoms with Crippen molar-refractivity contribution in [3.05, 3.63) is 76.4 Å². The quantitative estimate of drug-likeness (QED) is 0.490. The van der Waals surface area contributed by atoms with Crippen LogP contribution in [0.25, 0.3) is 6.08 Å². The van der Waals surface area contributed by atoms with Gasteiger partial charge in [0, 0.05) is 31.3 Å². The zero-order chi connectivity index (χ0) is 22.9. The lowest BCUT2D eigenvalue weighted by Gasteiger charge is -2.31. The molecule has 6 heteroatoms. The van der Waals surface area contributed by atoms with Crippen LogP contribution in [0.15, 0.2) is 48.5 Å². The van der Waals surface area contributed by atoms with Gasteiger partial charge in [0.2, 0.25) is 5.91 Å². The summed E-state index contributed by atoms with van der Waals surface area (Å²) in [5.41, 5.74) is 7.41. The van der Waals surface area contributed by atoms with Gasteiger partial charge in [0.1, 0.15) is 0 Å². The van der Waals surface area contributed by atoms with Gasteiger partial charge >= 0.3 is 0 Å². The predicted octanol–water partition coefficient (Wildman–Crippen LogP) is 3.68. The smallest absolute Gasteiger partial charge is 0.275 e. The maximum atomic E-state index is 12.7. The van der Waals surface area contributed by atoms with E-state index >= 15 is 0 Å². The van der Waals surface area contributed by atoms with E-state index in [4.69, 9.17) is 4.84 Å². The van der Waals surface area contributed by atoms with E-state index in [0.717, 1.165) is 43.6 Å². The van der Waals surface area contributed by atoms with Crippen LogP contribution in [0.4, 0.5) is 0 Å². The summed E-state index contributed by atoms with van der Waals surface area (Å²) in [5.74, 6) is 0.264. The lowest BCUT2D eigenvalue weighted by atomic mass is 9.88. The van der Waals surface area contributed by atoms with Crippen molar-refractivity contribution in [1.29, 1.82) is 0 Å². The monoisotopic (exact) mass is 435 g/mol. The number of carbonyl (C=O) groups is 2. The zero-order valence-electron chi connectivity index (χ0n) is 19.2. The fraction of sp³-hybridized carbons (Fsp3) is 0.385. The number of hydrogen-bond donors (Lipinski definition) is 2. The number of piperidine rings is 1. The Balaban J connectivity index is 1.59. The molecular formula is C26H33N3O3. The second kappa shape index (κ2) is 11.6. The van der Waals surface area contributed by atoms with Crippen LogP contribution in [-0.4, -0.2) is 44.0 Å². The number of carbonyl (C=O) groups excluding carboxylic acids is 2.